The van der Waals surface area contributed by atoms with Gasteiger partial charge < -0.3 is 4.42 Å². The quantitative estimate of drug-likeness (QED) is 0.805. The molecule has 0 unspecified atom stereocenters. The van der Waals surface area contributed by atoms with Gasteiger partial charge in [-0.05, 0) is 33.6 Å². The zero-order chi connectivity index (χ0) is 13.6. The van der Waals surface area contributed by atoms with Gasteiger partial charge in [-0.25, -0.2) is 8.42 Å². The Bertz CT molecular complexity index is 548. The van der Waals surface area contributed by atoms with Gasteiger partial charge in [0.2, 0.25) is 10.0 Å². The summed E-state index contributed by atoms with van der Waals surface area (Å²) in [6, 6.07) is 1.53. The molecule has 0 aliphatic carbocycles. The monoisotopic (exact) mass is 291 g/mol. The number of rotatable bonds is 3. The van der Waals surface area contributed by atoms with Crippen molar-refractivity contribution in [2.75, 3.05) is 6.54 Å². The van der Waals surface area contributed by atoms with Crippen LogP contribution in [0.3, 0.4) is 0 Å². The molecule has 0 spiro atoms. The van der Waals surface area contributed by atoms with Gasteiger partial charge in [-0.2, -0.15) is 4.31 Å². The summed E-state index contributed by atoms with van der Waals surface area (Å²) in [7, 11) is -3.49. The fourth-order valence-electron chi connectivity index (χ4n) is 2.49. The zero-order valence-electron chi connectivity index (χ0n) is 10.9. The Hall–Kier alpha value is -0.520. The van der Waals surface area contributed by atoms with Crippen LogP contribution in [0.5, 0.6) is 0 Å². The molecule has 18 heavy (non-hydrogen) atoms. The second-order valence-corrected chi connectivity index (χ2v) is 7.36. The van der Waals surface area contributed by atoms with Crippen LogP contribution in [0.2, 0.25) is 0 Å². The molecule has 1 aromatic rings. The first-order valence-electron chi connectivity index (χ1n) is 5.97. The number of furan rings is 1. The van der Waals surface area contributed by atoms with E-state index in [0.29, 0.717) is 18.1 Å². The van der Waals surface area contributed by atoms with Crippen molar-refractivity contribution in [3.05, 3.63) is 17.6 Å². The Kier molecular flexibility index (Phi) is 3.51. The number of hydrogen-bond acceptors (Lipinski definition) is 3. The molecule has 0 radical (unpaired) electrons. The van der Waals surface area contributed by atoms with Crippen LogP contribution in [-0.4, -0.2) is 24.8 Å². The molecule has 1 aromatic heterocycles. The lowest BCUT2D eigenvalue weighted by Crippen LogP contribution is -2.42. The molecule has 0 aromatic carbocycles. The van der Waals surface area contributed by atoms with Crippen molar-refractivity contribution in [2.24, 2.45) is 0 Å². The van der Waals surface area contributed by atoms with E-state index in [4.69, 9.17) is 16.0 Å². The third kappa shape index (κ3) is 2.19. The van der Waals surface area contributed by atoms with Gasteiger partial charge in [0.15, 0.2) is 0 Å². The molecule has 1 saturated heterocycles. The summed E-state index contributed by atoms with van der Waals surface area (Å²) >= 11 is 5.68. The molecule has 0 amide bonds. The first-order valence-corrected chi connectivity index (χ1v) is 7.94. The molecular weight excluding hydrogens is 274 g/mol. The van der Waals surface area contributed by atoms with Crippen molar-refractivity contribution in [1.82, 2.24) is 4.31 Å². The highest BCUT2D eigenvalue weighted by Gasteiger charge is 2.42. The minimum Gasteiger partial charge on any atom is -0.464 e. The predicted octanol–water partition coefficient (Wildman–Crippen LogP) is 2.89. The van der Waals surface area contributed by atoms with Gasteiger partial charge in [-0.1, -0.05) is 0 Å². The van der Waals surface area contributed by atoms with Crippen LogP contribution in [0.4, 0.5) is 0 Å². The minimum atomic E-state index is -3.49. The molecule has 2 heterocycles. The molecule has 2 rings (SSSR count). The summed E-state index contributed by atoms with van der Waals surface area (Å²) in [5.41, 5.74) is -0.330. The summed E-state index contributed by atoms with van der Waals surface area (Å²) in [6.07, 6.45) is 1.77. The Labute approximate surface area is 113 Å². The van der Waals surface area contributed by atoms with Gasteiger partial charge in [0, 0.05) is 18.2 Å². The lowest BCUT2D eigenvalue weighted by molar-refractivity contribution is 0.291. The molecule has 4 nitrogen and oxygen atoms in total. The lowest BCUT2D eigenvalue weighted by atomic mass is 10.0. The van der Waals surface area contributed by atoms with Crippen LogP contribution in [0.1, 0.15) is 38.2 Å². The number of nitrogens with zero attached hydrogens (tertiary/aromatic N) is 1. The minimum absolute atomic E-state index is 0.180. The van der Waals surface area contributed by atoms with Gasteiger partial charge in [0.25, 0.3) is 0 Å². The third-order valence-corrected chi connectivity index (χ3v) is 5.93. The Morgan fingerprint density at radius 3 is 2.61 bits per heavy atom. The van der Waals surface area contributed by atoms with E-state index in [-0.39, 0.29) is 16.3 Å². The molecule has 0 N–H and O–H groups in total. The van der Waals surface area contributed by atoms with Crippen molar-refractivity contribution in [1.29, 1.82) is 0 Å². The maximum Gasteiger partial charge on any atom is 0.247 e. The smallest absolute Gasteiger partial charge is 0.247 e. The van der Waals surface area contributed by atoms with Crippen molar-refractivity contribution in [2.45, 2.75) is 49.9 Å². The van der Waals surface area contributed by atoms with E-state index in [1.54, 1.807) is 11.2 Å². The average molecular weight is 292 g/mol. The van der Waals surface area contributed by atoms with Crippen LogP contribution in [0, 0.1) is 6.92 Å². The van der Waals surface area contributed by atoms with Gasteiger partial charge >= 0.3 is 0 Å². The average Bonchev–Trinajstić information content (AvgIpc) is 2.81. The molecule has 6 heteroatoms. The third-order valence-electron chi connectivity index (χ3n) is 3.45. The maximum atomic E-state index is 12.6. The van der Waals surface area contributed by atoms with Crippen LogP contribution in [0.25, 0.3) is 0 Å². The van der Waals surface area contributed by atoms with Crippen LogP contribution < -0.4 is 0 Å². The number of alkyl halides is 1. The number of sulfonamides is 1. The lowest BCUT2D eigenvalue weighted by Gasteiger charge is -2.30. The summed E-state index contributed by atoms with van der Waals surface area (Å²) in [5.74, 6) is 1.08. The Morgan fingerprint density at radius 1 is 1.50 bits per heavy atom. The van der Waals surface area contributed by atoms with Crippen molar-refractivity contribution >= 4 is 21.6 Å². The summed E-state index contributed by atoms with van der Waals surface area (Å²) in [5, 5.41) is 0. The first kappa shape index (κ1) is 13.9. The highest BCUT2D eigenvalue weighted by molar-refractivity contribution is 7.89. The van der Waals surface area contributed by atoms with Crippen molar-refractivity contribution in [3.63, 3.8) is 0 Å². The Balaban J connectivity index is 2.45. The predicted molar refractivity (Wildman–Crippen MR) is 70.2 cm³/mol. The SMILES string of the molecule is Cc1oc(CCl)cc1S(=O)(=O)N1CCCC1(C)C. The van der Waals surface area contributed by atoms with E-state index < -0.39 is 10.0 Å². The molecule has 1 aliphatic heterocycles. The van der Waals surface area contributed by atoms with E-state index in [2.05, 4.69) is 0 Å². The molecule has 0 bridgehead atoms. The first-order chi connectivity index (χ1) is 8.29. The van der Waals surface area contributed by atoms with E-state index in [9.17, 15) is 8.42 Å². The topological polar surface area (TPSA) is 50.5 Å². The van der Waals surface area contributed by atoms with Crippen LogP contribution in [-0.2, 0) is 15.9 Å². The molecular formula is C12H18ClNO3S. The van der Waals surface area contributed by atoms with Crippen LogP contribution in [0.15, 0.2) is 15.4 Å². The van der Waals surface area contributed by atoms with E-state index in [0.717, 1.165) is 12.8 Å². The van der Waals surface area contributed by atoms with Gasteiger partial charge in [-0.3, -0.25) is 0 Å². The normalized spacial score (nSPS) is 20.4. The maximum absolute atomic E-state index is 12.6. The zero-order valence-corrected chi connectivity index (χ0v) is 12.4. The van der Waals surface area contributed by atoms with Gasteiger partial charge in [0.05, 0.1) is 5.88 Å². The standard InChI is InChI=1S/C12H18ClNO3S/c1-9-11(7-10(8-13)17-9)18(15,16)14-6-4-5-12(14,2)3/h7H,4-6,8H2,1-3H3. The summed E-state index contributed by atoms with van der Waals surface area (Å²) < 4.78 is 32.2. The second kappa shape index (κ2) is 4.54. The molecule has 102 valence electrons. The van der Waals surface area contributed by atoms with E-state index in [1.165, 1.54) is 6.07 Å². The van der Waals surface area contributed by atoms with Crippen LogP contribution >= 0.6 is 11.6 Å². The number of hydrogen-bond donors (Lipinski definition) is 0. The molecule has 0 atom stereocenters. The summed E-state index contributed by atoms with van der Waals surface area (Å²) in [6.45, 7) is 6.13. The van der Waals surface area contributed by atoms with E-state index >= 15 is 0 Å². The van der Waals surface area contributed by atoms with Crippen molar-refractivity contribution < 1.29 is 12.8 Å². The van der Waals surface area contributed by atoms with Gasteiger partial charge in [-0.15, -0.1) is 11.6 Å². The van der Waals surface area contributed by atoms with Crippen molar-refractivity contribution in [3.8, 4) is 0 Å². The molecule has 1 aliphatic rings. The summed E-state index contributed by atoms with van der Waals surface area (Å²) in [4.78, 5) is 0.244. The highest BCUT2D eigenvalue weighted by atomic mass is 35.5. The largest absolute Gasteiger partial charge is 0.464 e. The number of halogens is 1. The van der Waals surface area contributed by atoms with E-state index in [1.807, 2.05) is 13.8 Å². The second-order valence-electron chi connectivity index (χ2n) is 5.26. The fourth-order valence-corrected chi connectivity index (χ4v) is 4.66. The Morgan fingerprint density at radius 2 is 2.17 bits per heavy atom. The molecule has 0 saturated carbocycles. The molecule has 1 fully saturated rings. The number of aryl methyl sites for hydroxylation is 1. The van der Waals surface area contributed by atoms with Gasteiger partial charge in [0.1, 0.15) is 16.4 Å². The fraction of sp³-hybridized carbons (Fsp3) is 0.667. The highest BCUT2D eigenvalue weighted by Crippen LogP contribution is 2.35.